The number of nitrogens with two attached hydrogens (primary N) is 1. The van der Waals surface area contributed by atoms with Crippen LogP contribution in [-0.4, -0.2) is 19.2 Å². The van der Waals surface area contributed by atoms with Crippen LogP contribution in [0.2, 0.25) is 0 Å². The van der Waals surface area contributed by atoms with Gasteiger partial charge in [-0.25, -0.2) is 0 Å². The minimum Gasteiger partial charge on any atom is -0.433 e. The summed E-state index contributed by atoms with van der Waals surface area (Å²) in [6, 6.07) is 5.48. The summed E-state index contributed by atoms with van der Waals surface area (Å²) in [7, 11) is 0. The van der Waals surface area contributed by atoms with Gasteiger partial charge in [0, 0.05) is 24.3 Å². The first-order valence-corrected chi connectivity index (χ1v) is 6.60. The number of benzene rings is 1. The predicted octanol–water partition coefficient (Wildman–Crippen LogP) is 3.50. The molecule has 0 aromatic heterocycles. The van der Waals surface area contributed by atoms with Gasteiger partial charge < -0.3 is 15.4 Å². The minimum atomic E-state index is -2.85. The maximum Gasteiger partial charge on any atom is 0.387 e. The molecule has 0 spiro atoms. The van der Waals surface area contributed by atoms with Crippen LogP contribution < -0.4 is 15.4 Å². The lowest BCUT2D eigenvalue weighted by Crippen LogP contribution is -2.42. The van der Waals surface area contributed by atoms with Crippen molar-refractivity contribution in [3.8, 4) is 5.75 Å². The van der Waals surface area contributed by atoms with Crippen LogP contribution in [0.5, 0.6) is 5.75 Å². The Kier molecular flexibility index (Phi) is 4.12. The molecular formula is C14H20F2N2O. The molecule has 3 nitrogen and oxygen atoms in total. The molecule has 1 fully saturated rings. The van der Waals surface area contributed by atoms with Crippen LogP contribution in [0.4, 0.5) is 20.2 Å². The maximum absolute atomic E-state index is 12.3. The van der Waals surface area contributed by atoms with Crippen molar-refractivity contribution >= 4 is 11.4 Å². The van der Waals surface area contributed by atoms with E-state index in [1.54, 1.807) is 12.1 Å². The third kappa shape index (κ3) is 3.08. The highest BCUT2D eigenvalue weighted by Crippen LogP contribution is 2.33. The predicted molar refractivity (Wildman–Crippen MR) is 72.7 cm³/mol. The monoisotopic (exact) mass is 270 g/mol. The van der Waals surface area contributed by atoms with Gasteiger partial charge in [-0.3, -0.25) is 0 Å². The van der Waals surface area contributed by atoms with Gasteiger partial charge in [0.25, 0.3) is 0 Å². The van der Waals surface area contributed by atoms with Crippen LogP contribution in [0, 0.1) is 5.92 Å². The molecule has 0 bridgehead atoms. The van der Waals surface area contributed by atoms with Gasteiger partial charge >= 0.3 is 6.61 Å². The fourth-order valence-electron chi connectivity index (χ4n) is 2.60. The number of nitrogens with zero attached hydrogens (tertiary/aromatic N) is 1. The Bertz CT molecular complexity index is 439. The summed E-state index contributed by atoms with van der Waals surface area (Å²) < 4.78 is 29.1. The van der Waals surface area contributed by atoms with Crippen molar-refractivity contribution in [2.24, 2.45) is 5.92 Å². The fourth-order valence-corrected chi connectivity index (χ4v) is 2.60. The molecule has 1 saturated heterocycles. The fraction of sp³-hybridized carbons (Fsp3) is 0.571. The van der Waals surface area contributed by atoms with Crippen molar-refractivity contribution in [1.29, 1.82) is 0 Å². The topological polar surface area (TPSA) is 38.5 Å². The third-order valence-corrected chi connectivity index (χ3v) is 3.92. The molecule has 1 aromatic carbocycles. The third-order valence-electron chi connectivity index (χ3n) is 3.92. The van der Waals surface area contributed by atoms with Gasteiger partial charge in [-0.15, -0.1) is 0 Å². The van der Waals surface area contributed by atoms with Crippen LogP contribution in [0.3, 0.4) is 0 Å². The van der Waals surface area contributed by atoms with Crippen molar-refractivity contribution < 1.29 is 13.5 Å². The van der Waals surface area contributed by atoms with E-state index in [9.17, 15) is 8.78 Å². The molecule has 2 atom stereocenters. The number of hydrogen-bond donors (Lipinski definition) is 1. The van der Waals surface area contributed by atoms with E-state index < -0.39 is 6.61 Å². The molecule has 0 saturated carbocycles. The van der Waals surface area contributed by atoms with Gasteiger partial charge in [-0.2, -0.15) is 8.78 Å². The normalized spacial score (nSPS) is 23.7. The number of anilines is 2. The molecule has 1 aliphatic heterocycles. The second kappa shape index (κ2) is 5.63. The Labute approximate surface area is 112 Å². The van der Waals surface area contributed by atoms with Crippen LogP contribution >= 0.6 is 0 Å². The number of ether oxygens (including phenoxy) is 1. The minimum absolute atomic E-state index is 0.0536. The van der Waals surface area contributed by atoms with Crippen LogP contribution in [0.25, 0.3) is 0 Å². The van der Waals surface area contributed by atoms with E-state index >= 15 is 0 Å². The van der Waals surface area contributed by atoms with Gasteiger partial charge in [-0.05, 0) is 37.8 Å². The Morgan fingerprint density at radius 1 is 1.37 bits per heavy atom. The first-order valence-electron chi connectivity index (χ1n) is 6.60. The molecule has 106 valence electrons. The lowest BCUT2D eigenvalue weighted by atomic mass is 9.91. The zero-order chi connectivity index (χ0) is 14.0. The summed E-state index contributed by atoms with van der Waals surface area (Å²) in [5.41, 5.74) is 6.78. The average Bonchev–Trinajstić information content (AvgIpc) is 2.35. The van der Waals surface area contributed by atoms with Gasteiger partial charge in [0.15, 0.2) is 5.75 Å². The summed E-state index contributed by atoms with van der Waals surface area (Å²) in [4.78, 5) is 2.23. The van der Waals surface area contributed by atoms with E-state index in [-0.39, 0.29) is 11.4 Å². The quantitative estimate of drug-likeness (QED) is 0.854. The van der Waals surface area contributed by atoms with E-state index in [0.717, 1.165) is 18.7 Å². The summed E-state index contributed by atoms with van der Waals surface area (Å²) in [5, 5.41) is 0. The highest BCUT2D eigenvalue weighted by Gasteiger charge is 2.25. The summed E-state index contributed by atoms with van der Waals surface area (Å²) in [6.07, 6.45) is 2.31. The SMILES string of the molecule is CC1CCCN(c2ccc(N)c(OC(F)F)c2)C1C. The van der Waals surface area contributed by atoms with Crippen LogP contribution in [0.1, 0.15) is 26.7 Å². The number of piperidine rings is 1. The number of nitrogen functional groups attached to an aromatic ring is 1. The average molecular weight is 270 g/mol. The van der Waals surface area contributed by atoms with E-state index in [2.05, 4.69) is 23.5 Å². The van der Waals surface area contributed by atoms with Gasteiger partial charge in [0.05, 0.1) is 5.69 Å². The van der Waals surface area contributed by atoms with Crippen LogP contribution in [0.15, 0.2) is 18.2 Å². The number of rotatable bonds is 3. The number of hydrogen-bond acceptors (Lipinski definition) is 3. The number of alkyl halides is 2. The summed E-state index contributed by atoms with van der Waals surface area (Å²) >= 11 is 0. The summed E-state index contributed by atoms with van der Waals surface area (Å²) in [5.74, 6) is 0.642. The van der Waals surface area contributed by atoms with Crippen molar-refractivity contribution in [2.75, 3.05) is 17.2 Å². The first kappa shape index (κ1) is 13.9. The molecule has 0 aliphatic carbocycles. The molecule has 2 N–H and O–H groups in total. The largest absolute Gasteiger partial charge is 0.433 e. The second-order valence-corrected chi connectivity index (χ2v) is 5.15. The molecule has 2 rings (SSSR count). The molecule has 1 heterocycles. The molecule has 0 radical (unpaired) electrons. The van der Waals surface area contributed by atoms with Crippen molar-refractivity contribution in [1.82, 2.24) is 0 Å². The van der Waals surface area contributed by atoms with E-state index in [4.69, 9.17) is 5.73 Å². The van der Waals surface area contributed by atoms with Gasteiger partial charge in [-0.1, -0.05) is 6.92 Å². The van der Waals surface area contributed by atoms with Gasteiger partial charge in [0.2, 0.25) is 0 Å². The smallest absolute Gasteiger partial charge is 0.387 e. The first-order chi connectivity index (χ1) is 8.99. The molecular weight excluding hydrogens is 250 g/mol. The maximum atomic E-state index is 12.3. The molecule has 2 unspecified atom stereocenters. The Balaban J connectivity index is 2.24. The lowest BCUT2D eigenvalue weighted by molar-refractivity contribution is -0.0493. The summed E-state index contributed by atoms with van der Waals surface area (Å²) in [6.45, 7) is 2.46. The van der Waals surface area contributed by atoms with E-state index in [1.807, 2.05) is 6.07 Å². The van der Waals surface area contributed by atoms with E-state index in [0.29, 0.717) is 12.0 Å². The zero-order valence-electron chi connectivity index (χ0n) is 11.3. The highest BCUT2D eigenvalue weighted by atomic mass is 19.3. The van der Waals surface area contributed by atoms with Crippen molar-refractivity contribution in [3.63, 3.8) is 0 Å². The molecule has 19 heavy (non-hydrogen) atoms. The standard InChI is InChI=1S/C14H20F2N2O/c1-9-4-3-7-18(10(9)2)11-5-6-12(17)13(8-11)19-14(15)16/h5-6,8-10,14H,3-4,7,17H2,1-2H3. The van der Waals surface area contributed by atoms with Gasteiger partial charge in [0.1, 0.15) is 0 Å². The Morgan fingerprint density at radius 2 is 2.11 bits per heavy atom. The molecule has 1 aromatic rings. The highest BCUT2D eigenvalue weighted by molar-refractivity contribution is 5.62. The molecule has 5 heteroatoms. The lowest BCUT2D eigenvalue weighted by Gasteiger charge is -2.39. The molecule has 1 aliphatic rings. The zero-order valence-corrected chi connectivity index (χ0v) is 11.3. The second-order valence-electron chi connectivity index (χ2n) is 5.15. The van der Waals surface area contributed by atoms with E-state index in [1.165, 1.54) is 6.42 Å². The Hall–Kier alpha value is -1.52. The molecule has 0 amide bonds. The van der Waals surface area contributed by atoms with Crippen molar-refractivity contribution in [2.45, 2.75) is 39.3 Å². The van der Waals surface area contributed by atoms with Crippen molar-refractivity contribution in [3.05, 3.63) is 18.2 Å². The Morgan fingerprint density at radius 3 is 2.79 bits per heavy atom. The van der Waals surface area contributed by atoms with Crippen LogP contribution in [-0.2, 0) is 0 Å². The number of halogens is 2.